The lowest BCUT2D eigenvalue weighted by Gasteiger charge is -2.35. The number of anilines is 1. The molecule has 3 rings (SSSR count). The molecule has 2 aromatic rings. The molecule has 0 saturated carbocycles. The standard InChI is InChI=1S/C21H29F2N5OS/c1-3-24-21(25-11-10-19-26-13-15(2)30-19)27-16-5-4-12-28(14-16)17-6-8-18(9-7-17)29-20(22)23/h6-9,13,16,20H,3-5,10-12,14H2,1-2H3,(H2,24,25,27). The van der Waals surface area contributed by atoms with Crippen LogP contribution in [-0.2, 0) is 6.42 Å². The Bertz CT molecular complexity index is 812. The number of guanidine groups is 1. The average Bonchev–Trinajstić information content (AvgIpc) is 3.13. The van der Waals surface area contributed by atoms with E-state index < -0.39 is 6.61 Å². The quantitative estimate of drug-likeness (QED) is 0.486. The topological polar surface area (TPSA) is 61.8 Å². The first kappa shape index (κ1) is 22.3. The Balaban J connectivity index is 1.55. The average molecular weight is 438 g/mol. The second kappa shape index (κ2) is 11.1. The molecule has 2 heterocycles. The highest BCUT2D eigenvalue weighted by atomic mass is 32.1. The van der Waals surface area contributed by atoms with Gasteiger partial charge in [-0.3, -0.25) is 4.99 Å². The van der Waals surface area contributed by atoms with Crippen molar-refractivity contribution in [2.24, 2.45) is 4.99 Å². The lowest BCUT2D eigenvalue weighted by atomic mass is 10.0. The van der Waals surface area contributed by atoms with E-state index in [9.17, 15) is 8.78 Å². The highest BCUT2D eigenvalue weighted by molar-refractivity contribution is 7.11. The molecule has 2 N–H and O–H groups in total. The molecule has 30 heavy (non-hydrogen) atoms. The summed E-state index contributed by atoms with van der Waals surface area (Å²) in [6, 6.07) is 7.09. The third kappa shape index (κ3) is 6.83. The zero-order valence-corrected chi connectivity index (χ0v) is 18.2. The van der Waals surface area contributed by atoms with Crippen molar-refractivity contribution < 1.29 is 13.5 Å². The van der Waals surface area contributed by atoms with Crippen molar-refractivity contribution in [2.75, 3.05) is 31.1 Å². The molecule has 6 nitrogen and oxygen atoms in total. The molecule has 0 amide bonds. The number of alkyl halides is 2. The molecule has 164 valence electrons. The molecule has 1 fully saturated rings. The number of nitrogens with one attached hydrogen (secondary N) is 2. The van der Waals surface area contributed by atoms with Gasteiger partial charge in [-0.15, -0.1) is 11.3 Å². The van der Waals surface area contributed by atoms with Gasteiger partial charge in [-0.25, -0.2) is 4.98 Å². The fourth-order valence-electron chi connectivity index (χ4n) is 3.46. The van der Waals surface area contributed by atoms with E-state index in [-0.39, 0.29) is 11.8 Å². The van der Waals surface area contributed by atoms with Gasteiger partial charge in [-0.2, -0.15) is 8.78 Å². The first-order valence-electron chi connectivity index (χ1n) is 10.3. The van der Waals surface area contributed by atoms with Gasteiger partial charge in [-0.1, -0.05) is 0 Å². The molecular weight excluding hydrogens is 408 g/mol. The summed E-state index contributed by atoms with van der Waals surface area (Å²) in [6.45, 7) is 4.55. The number of aliphatic imine (C=N–C) groups is 1. The monoisotopic (exact) mass is 437 g/mol. The minimum atomic E-state index is -2.80. The molecule has 0 spiro atoms. The molecule has 1 aromatic carbocycles. The summed E-state index contributed by atoms with van der Waals surface area (Å²) in [5.74, 6) is 0.996. The Labute approximate surface area is 180 Å². The second-order valence-corrected chi connectivity index (χ2v) is 8.50. The molecule has 0 aliphatic carbocycles. The Morgan fingerprint density at radius 3 is 2.83 bits per heavy atom. The molecule has 1 unspecified atom stereocenters. The van der Waals surface area contributed by atoms with E-state index in [4.69, 9.17) is 4.99 Å². The number of thiazole rings is 1. The van der Waals surface area contributed by atoms with E-state index in [0.717, 1.165) is 55.6 Å². The third-order valence-corrected chi connectivity index (χ3v) is 5.77. The van der Waals surface area contributed by atoms with E-state index in [0.29, 0.717) is 6.54 Å². The van der Waals surface area contributed by atoms with Crippen LogP contribution in [0.2, 0.25) is 0 Å². The number of nitrogens with zero attached hydrogens (tertiary/aromatic N) is 3. The normalized spacial score (nSPS) is 17.3. The molecule has 9 heteroatoms. The molecule has 1 aliphatic rings. The summed E-state index contributed by atoms with van der Waals surface area (Å²) in [5.41, 5.74) is 1.00. The highest BCUT2D eigenvalue weighted by Gasteiger charge is 2.21. The van der Waals surface area contributed by atoms with Gasteiger partial charge >= 0.3 is 6.61 Å². The first-order valence-corrected chi connectivity index (χ1v) is 11.1. The van der Waals surface area contributed by atoms with Crippen molar-refractivity contribution in [3.05, 3.63) is 40.3 Å². The highest BCUT2D eigenvalue weighted by Crippen LogP contribution is 2.24. The van der Waals surface area contributed by atoms with E-state index in [1.54, 1.807) is 23.5 Å². The van der Waals surface area contributed by atoms with Gasteiger partial charge in [0, 0.05) is 55.4 Å². The van der Waals surface area contributed by atoms with Gasteiger partial charge in [0.05, 0.1) is 5.01 Å². The Kier molecular flexibility index (Phi) is 8.24. The van der Waals surface area contributed by atoms with Crippen molar-refractivity contribution in [1.82, 2.24) is 15.6 Å². The first-order chi connectivity index (χ1) is 14.5. The predicted octanol–water partition coefficient (Wildman–Crippen LogP) is 3.82. The molecule has 1 aromatic heterocycles. The number of piperidine rings is 1. The van der Waals surface area contributed by atoms with Gasteiger partial charge in [0.15, 0.2) is 5.96 Å². The zero-order chi connectivity index (χ0) is 21.3. The van der Waals surface area contributed by atoms with Crippen LogP contribution < -0.4 is 20.3 Å². The molecule has 0 radical (unpaired) electrons. The van der Waals surface area contributed by atoms with Crippen molar-refractivity contribution in [2.45, 2.75) is 45.8 Å². The second-order valence-electron chi connectivity index (χ2n) is 7.18. The molecular formula is C21H29F2N5OS. The Morgan fingerprint density at radius 1 is 1.37 bits per heavy atom. The number of benzene rings is 1. The number of halogens is 2. The summed E-state index contributed by atoms with van der Waals surface area (Å²) in [5, 5.41) is 7.97. The summed E-state index contributed by atoms with van der Waals surface area (Å²) in [4.78, 5) is 12.6. The van der Waals surface area contributed by atoms with E-state index in [1.807, 2.05) is 18.3 Å². The SMILES string of the molecule is CCNC(=NCCc1ncc(C)s1)NC1CCCN(c2ccc(OC(F)F)cc2)C1. The summed E-state index contributed by atoms with van der Waals surface area (Å²) >= 11 is 1.71. The van der Waals surface area contributed by atoms with Crippen LogP contribution in [0.4, 0.5) is 14.5 Å². The lowest BCUT2D eigenvalue weighted by molar-refractivity contribution is -0.0498. The molecule has 1 saturated heterocycles. The summed E-state index contributed by atoms with van der Waals surface area (Å²) in [6.07, 6.45) is 4.83. The van der Waals surface area contributed by atoms with Gasteiger partial charge in [0.1, 0.15) is 5.75 Å². The number of aromatic nitrogens is 1. The van der Waals surface area contributed by atoms with E-state index >= 15 is 0 Å². The van der Waals surface area contributed by atoms with Crippen LogP contribution in [0.15, 0.2) is 35.5 Å². The smallest absolute Gasteiger partial charge is 0.387 e. The third-order valence-electron chi connectivity index (χ3n) is 4.80. The van der Waals surface area contributed by atoms with Gasteiger partial charge < -0.3 is 20.3 Å². The maximum Gasteiger partial charge on any atom is 0.387 e. The Hall–Kier alpha value is -2.42. The van der Waals surface area contributed by atoms with Crippen molar-refractivity contribution in [3.63, 3.8) is 0 Å². The van der Waals surface area contributed by atoms with E-state index in [2.05, 4.69) is 39.1 Å². The minimum absolute atomic E-state index is 0.178. The number of rotatable bonds is 8. The fourth-order valence-corrected chi connectivity index (χ4v) is 4.24. The van der Waals surface area contributed by atoms with Crippen molar-refractivity contribution in [3.8, 4) is 5.75 Å². The van der Waals surface area contributed by atoms with Gasteiger partial charge in [-0.05, 0) is 51.0 Å². The van der Waals surface area contributed by atoms with Crippen LogP contribution in [0.5, 0.6) is 5.75 Å². The zero-order valence-electron chi connectivity index (χ0n) is 17.4. The van der Waals surface area contributed by atoms with Crippen LogP contribution in [0, 0.1) is 6.92 Å². The van der Waals surface area contributed by atoms with Crippen LogP contribution >= 0.6 is 11.3 Å². The van der Waals surface area contributed by atoms with Crippen molar-refractivity contribution >= 4 is 23.0 Å². The number of hydrogen-bond acceptors (Lipinski definition) is 5. The maximum atomic E-state index is 12.3. The predicted molar refractivity (Wildman–Crippen MR) is 118 cm³/mol. The number of ether oxygens (including phenoxy) is 1. The number of hydrogen-bond donors (Lipinski definition) is 2. The maximum absolute atomic E-state index is 12.3. The molecule has 1 aliphatic heterocycles. The fraction of sp³-hybridized carbons (Fsp3) is 0.524. The lowest BCUT2D eigenvalue weighted by Crippen LogP contribution is -2.51. The van der Waals surface area contributed by atoms with Crippen LogP contribution in [0.25, 0.3) is 0 Å². The number of aryl methyl sites for hydroxylation is 1. The largest absolute Gasteiger partial charge is 0.435 e. The van der Waals surface area contributed by atoms with E-state index in [1.165, 1.54) is 4.88 Å². The molecule has 1 atom stereocenters. The summed E-state index contributed by atoms with van der Waals surface area (Å²) < 4.78 is 29.1. The van der Waals surface area contributed by atoms with Crippen LogP contribution in [-0.4, -0.2) is 49.8 Å². The minimum Gasteiger partial charge on any atom is -0.435 e. The Morgan fingerprint density at radius 2 is 2.17 bits per heavy atom. The van der Waals surface area contributed by atoms with Crippen molar-refractivity contribution in [1.29, 1.82) is 0 Å². The van der Waals surface area contributed by atoms with Crippen LogP contribution in [0.1, 0.15) is 29.7 Å². The molecule has 0 bridgehead atoms. The van der Waals surface area contributed by atoms with Crippen LogP contribution in [0.3, 0.4) is 0 Å². The van der Waals surface area contributed by atoms with Gasteiger partial charge in [0.2, 0.25) is 0 Å². The van der Waals surface area contributed by atoms with Gasteiger partial charge in [0.25, 0.3) is 0 Å². The summed E-state index contributed by atoms with van der Waals surface area (Å²) in [7, 11) is 0.